The average molecular weight is 296 g/mol. The molecule has 0 amide bonds. The zero-order valence-electron chi connectivity index (χ0n) is 13.9. The summed E-state index contributed by atoms with van der Waals surface area (Å²) in [5, 5.41) is 0. The van der Waals surface area contributed by atoms with Crippen molar-refractivity contribution in [2.45, 2.75) is 58.4 Å². The van der Waals surface area contributed by atoms with E-state index in [9.17, 15) is 4.79 Å². The molecule has 0 spiro atoms. The fourth-order valence-electron chi connectivity index (χ4n) is 3.99. The second-order valence-electron chi connectivity index (χ2n) is 7.23. The summed E-state index contributed by atoms with van der Waals surface area (Å²) in [6.45, 7) is 10.4. The molecule has 3 unspecified atom stereocenters. The van der Waals surface area contributed by atoms with Crippen molar-refractivity contribution in [3.8, 4) is 0 Å². The van der Waals surface area contributed by atoms with Crippen molar-refractivity contribution < 1.29 is 9.53 Å². The van der Waals surface area contributed by atoms with Gasteiger partial charge in [-0.3, -0.25) is 4.79 Å². The van der Waals surface area contributed by atoms with Crippen LogP contribution in [0.5, 0.6) is 0 Å². The predicted octanol–water partition coefficient (Wildman–Crippen LogP) is 2.42. The minimum Gasteiger partial charge on any atom is -0.465 e. The van der Waals surface area contributed by atoms with Crippen LogP contribution in [0.4, 0.5) is 0 Å². The Bertz CT molecular complexity index is 359. The van der Waals surface area contributed by atoms with E-state index in [2.05, 4.69) is 18.7 Å². The number of nitrogens with zero attached hydrogens (tertiary/aromatic N) is 1. The molecule has 4 heteroatoms. The van der Waals surface area contributed by atoms with Crippen molar-refractivity contribution in [2.75, 3.05) is 26.2 Å². The zero-order valence-corrected chi connectivity index (χ0v) is 13.9. The molecule has 1 aliphatic heterocycles. The van der Waals surface area contributed by atoms with Gasteiger partial charge >= 0.3 is 5.97 Å². The average Bonchev–Trinajstić information content (AvgIpc) is 3.04. The monoisotopic (exact) mass is 296 g/mol. The van der Waals surface area contributed by atoms with E-state index < -0.39 is 5.54 Å². The molecule has 4 nitrogen and oxygen atoms in total. The largest absolute Gasteiger partial charge is 0.465 e. The first kappa shape index (κ1) is 16.8. The first-order valence-corrected chi connectivity index (χ1v) is 8.65. The van der Waals surface area contributed by atoms with E-state index in [0.29, 0.717) is 6.61 Å². The Balaban J connectivity index is 1.84. The highest BCUT2D eigenvalue weighted by Crippen LogP contribution is 2.37. The first-order chi connectivity index (χ1) is 9.97. The van der Waals surface area contributed by atoms with Crippen molar-refractivity contribution in [1.29, 1.82) is 0 Å². The van der Waals surface area contributed by atoms with Crippen LogP contribution >= 0.6 is 0 Å². The van der Waals surface area contributed by atoms with Crippen molar-refractivity contribution in [3.05, 3.63) is 0 Å². The van der Waals surface area contributed by atoms with E-state index in [1.54, 1.807) is 0 Å². The van der Waals surface area contributed by atoms with E-state index in [1.807, 2.05) is 6.92 Å². The predicted molar refractivity (Wildman–Crippen MR) is 84.9 cm³/mol. The molecule has 2 aliphatic rings. The highest BCUT2D eigenvalue weighted by atomic mass is 16.5. The van der Waals surface area contributed by atoms with Crippen molar-refractivity contribution in [3.63, 3.8) is 0 Å². The molecule has 0 aromatic carbocycles. The summed E-state index contributed by atoms with van der Waals surface area (Å²) in [4.78, 5) is 14.7. The smallest absolute Gasteiger partial charge is 0.326 e. The van der Waals surface area contributed by atoms with E-state index in [-0.39, 0.29) is 11.9 Å². The maximum absolute atomic E-state index is 12.2. The van der Waals surface area contributed by atoms with Gasteiger partial charge < -0.3 is 15.4 Å². The molecule has 0 aromatic heterocycles. The molecule has 1 aliphatic carbocycles. The quantitative estimate of drug-likeness (QED) is 0.765. The Hall–Kier alpha value is -0.610. The van der Waals surface area contributed by atoms with Gasteiger partial charge in [0, 0.05) is 6.54 Å². The van der Waals surface area contributed by atoms with Crippen LogP contribution in [-0.2, 0) is 9.53 Å². The minimum absolute atomic E-state index is 0.186. The van der Waals surface area contributed by atoms with Gasteiger partial charge in [0.2, 0.25) is 0 Å². The van der Waals surface area contributed by atoms with Crippen LogP contribution in [-0.4, -0.2) is 42.6 Å². The summed E-state index contributed by atoms with van der Waals surface area (Å²) in [5.74, 6) is 1.71. The molecule has 0 aromatic rings. The van der Waals surface area contributed by atoms with Gasteiger partial charge in [-0.15, -0.1) is 0 Å². The summed E-state index contributed by atoms with van der Waals surface area (Å²) in [7, 11) is 0. The fourth-order valence-corrected chi connectivity index (χ4v) is 3.99. The molecule has 0 radical (unpaired) electrons. The van der Waals surface area contributed by atoms with Gasteiger partial charge in [0.25, 0.3) is 0 Å². The highest BCUT2D eigenvalue weighted by Gasteiger charge is 2.46. The normalized spacial score (nSPS) is 33.8. The summed E-state index contributed by atoms with van der Waals surface area (Å²) in [6, 6.07) is 0. The van der Waals surface area contributed by atoms with Gasteiger partial charge in [-0.2, -0.15) is 0 Å². The van der Waals surface area contributed by atoms with Gasteiger partial charge in [-0.25, -0.2) is 0 Å². The van der Waals surface area contributed by atoms with Crippen LogP contribution in [0.25, 0.3) is 0 Å². The SMILES string of the molecule is CCOC(=O)C1(N)CCCC1CCN1CCC(C(C)C)C1. The number of nitrogens with two attached hydrogens (primary N) is 1. The van der Waals surface area contributed by atoms with Crippen LogP contribution < -0.4 is 5.73 Å². The van der Waals surface area contributed by atoms with E-state index >= 15 is 0 Å². The molecule has 2 fully saturated rings. The van der Waals surface area contributed by atoms with Crippen molar-refractivity contribution in [2.24, 2.45) is 23.5 Å². The molecule has 1 saturated carbocycles. The summed E-state index contributed by atoms with van der Waals surface area (Å²) >= 11 is 0. The van der Waals surface area contributed by atoms with Crippen molar-refractivity contribution in [1.82, 2.24) is 4.90 Å². The molecule has 0 bridgehead atoms. The summed E-state index contributed by atoms with van der Waals surface area (Å²) in [5.41, 5.74) is 5.67. The minimum atomic E-state index is -0.729. The second-order valence-corrected chi connectivity index (χ2v) is 7.23. The third-order valence-corrected chi connectivity index (χ3v) is 5.57. The molecule has 1 saturated heterocycles. The molecule has 21 heavy (non-hydrogen) atoms. The Morgan fingerprint density at radius 2 is 2.19 bits per heavy atom. The summed E-state index contributed by atoms with van der Waals surface area (Å²) < 4.78 is 5.20. The van der Waals surface area contributed by atoms with Crippen LogP contribution in [0.15, 0.2) is 0 Å². The van der Waals surface area contributed by atoms with Gasteiger partial charge in [-0.1, -0.05) is 20.3 Å². The first-order valence-electron chi connectivity index (χ1n) is 8.65. The molecular weight excluding hydrogens is 264 g/mol. The van der Waals surface area contributed by atoms with E-state index in [0.717, 1.165) is 44.1 Å². The maximum Gasteiger partial charge on any atom is 0.326 e. The number of hydrogen-bond donors (Lipinski definition) is 1. The maximum atomic E-state index is 12.2. The Morgan fingerprint density at radius 3 is 2.81 bits per heavy atom. The van der Waals surface area contributed by atoms with Gasteiger partial charge in [0.15, 0.2) is 0 Å². The zero-order chi connectivity index (χ0) is 15.5. The van der Waals surface area contributed by atoms with Crippen LogP contribution in [0.1, 0.15) is 52.9 Å². The van der Waals surface area contributed by atoms with Crippen LogP contribution in [0.2, 0.25) is 0 Å². The van der Waals surface area contributed by atoms with E-state index in [4.69, 9.17) is 10.5 Å². The molecule has 1 heterocycles. The fraction of sp³-hybridized carbons (Fsp3) is 0.941. The Labute approximate surface area is 129 Å². The lowest BCUT2D eigenvalue weighted by atomic mass is 9.85. The number of carbonyl (C=O) groups excluding carboxylic acids is 1. The lowest BCUT2D eigenvalue weighted by molar-refractivity contribution is -0.151. The molecule has 122 valence electrons. The topological polar surface area (TPSA) is 55.6 Å². The number of carbonyl (C=O) groups is 1. The van der Waals surface area contributed by atoms with Gasteiger partial charge in [0.05, 0.1) is 6.61 Å². The molecule has 2 rings (SSSR count). The standard InChI is InChI=1S/C17H32N2O2/c1-4-21-16(20)17(18)9-5-6-15(17)8-11-19-10-7-14(12-19)13(2)3/h13-15H,4-12,18H2,1-3H3. The van der Waals surface area contributed by atoms with Gasteiger partial charge in [-0.05, 0) is 63.5 Å². The lowest BCUT2D eigenvalue weighted by Crippen LogP contribution is -2.52. The number of esters is 1. The second kappa shape index (κ2) is 7.10. The molecular formula is C17H32N2O2. The van der Waals surface area contributed by atoms with E-state index in [1.165, 1.54) is 19.5 Å². The highest BCUT2D eigenvalue weighted by molar-refractivity contribution is 5.81. The third kappa shape index (κ3) is 3.78. The number of hydrogen-bond acceptors (Lipinski definition) is 4. The Morgan fingerprint density at radius 1 is 1.43 bits per heavy atom. The number of rotatable bonds is 6. The number of likely N-dealkylation sites (tertiary alicyclic amines) is 1. The molecule has 3 atom stereocenters. The lowest BCUT2D eigenvalue weighted by Gasteiger charge is -2.30. The van der Waals surface area contributed by atoms with Crippen molar-refractivity contribution >= 4 is 5.97 Å². The molecule has 2 N–H and O–H groups in total. The summed E-state index contributed by atoms with van der Waals surface area (Å²) in [6.07, 6.45) is 5.24. The number of ether oxygens (including phenoxy) is 1. The van der Waals surface area contributed by atoms with Gasteiger partial charge in [0.1, 0.15) is 5.54 Å². The Kier molecular flexibility index (Phi) is 5.67. The third-order valence-electron chi connectivity index (χ3n) is 5.57. The van der Waals surface area contributed by atoms with Crippen LogP contribution in [0, 0.1) is 17.8 Å². The van der Waals surface area contributed by atoms with Crippen LogP contribution in [0.3, 0.4) is 0 Å².